The highest BCUT2D eigenvalue weighted by atomic mass is 15.4. The van der Waals surface area contributed by atoms with Gasteiger partial charge in [-0.15, -0.1) is 15.3 Å². The van der Waals surface area contributed by atoms with Gasteiger partial charge in [0, 0.05) is 6.54 Å². The van der Waals surface area contributed by atoms with Crippen LogP contribution < -0.4 is 0 Å². The lowest BCUT2D eigenvalue weighted by Gasteiger charge is -2.02. The van der Waals surface area contributed by atoms with Crippen LogP contribution in [0, 0.1) is 0 Å². The maximum Gasteiger partial charge on any atom is 0.193 e. The van der Waals surface area contributed by atoms with E-state index in [-0.39, 0.29) is 0 Å². The molecule has 0 fully saturated rings. The van der Waals surface area contributed by atoms with E-state index >= 15 is 0 Å². The number of nitrogens with zero attached hydrogens (tertiary/aromatic N) is 7. The second kappa shape index (κ2) is 4.37. The molecular formula is C13H11N7. The molecule has 0 atom stereocenters. The zero-order valence-corrected chi connectivity index (χ0v) is 10.6. The summed E-state index contributed by atoms with van der Waals surface area (Å²) in [7, 11) is 0. The van der Waals surface area contributed by atoms with E-state index in [2.05, 4.69) is 37.6 Å². The Morgan fingerprint density at radius 3 is 2.75 bits per heavy atom. The van der Waals surface area contributed by atoms with Crippen LogP contribution in [0.2, 0.25) is 0 Å². The van der Waals surface area contributed by atoms with Gasteiger partial charge >= 0.3 is 0 Å². The molecular weight excluding hydrogens is 254 g/mol. The topological polar surface area (TPSA) is 73.8 Å². The summed E-state index contributed by atoms with van der Waals surface area (Å²) in [6.45, 7) is 0.734. The van der Waals surface area contributed by atoms with Crippen molar-refractivity contribution in [3.8, 4) is 0 Å². The second-order valence-electron chi connectivity index (χ2n) is 4.53. The quantitative estimate of drug-likeness (QED) is 0.555. The maximum absolute atomic E-state index is 4.37. The molecule has 0 radical (unpaired) electrons. The predicted octanol–water partition coefficient (Wildman–Crippen LogP) is 1.11. The first-order valence-electron chi connectivity index (χ1n) is 6.33. The van der Waals surface area contributed by atoms with Gasteiger partial charge in [0.2, 0.25) is 0 Å². The lowest BCUT2D eigenvalue weighted by Crippen LogP contribution is -2.04. The largest absolute Gasteiger partial charge is 0.270 e. The molecule has 4 aromatic rings. The Morgan fingerprint density at radius 1 is 0.950 bits per heavy atom. The van der Waals surface area contributed by atoms with Crippen LogP contribution in [0.1, 0.15) is 5.56 Å². The monoisotopic (exact) mass is 265 g/mol. The van der Waals surface area contributed by atoms with Gasteiger partial charge in [0.05, 0.1) is 0 Å². The zero-order chi connectivity index (χ0) is 13.4. The van der Waals surface area contributed by atoms with Crippen LogP contribution >= 0.6 is 0 Å². The second-order valence-corrected chi connectivity index (χ2v) is 4.53. The minimum absolute atomic E-state index is 0.679. The zero-order valence-electron chi connectivity index (χ0n) is 10.6. The van der Waals surface area contributed by atoms with E-state index in [1.165, 1.54) is 5.56 Å². The number of fused-ring (bicyclic) bond motifs is 3. The van der Waals surface area contributed by atoms with Gasteiger partial charge in [0.25, 0.3) is 0 Å². The summed E-state index contributed by atoms with van der Waals surface area (Å²) in [6, 6.07) is 10.3. The fourth-order valence-corrected chi connectivity index (χ4v) is 2.22. The Hall–Kier alpha value is -2.83. The minimum atomic E-state index is 0.679. The summed E-state index contributed by atoms with van der Waals surface area (Å²) < 4.78 is 3.54. The molecule has 0 N–H and O–H groups in total. The van der Waals surface area contributed by atoms with Crippen molar-refractivity contribution in [1.82, 2.24) is 34.6 Å². The first kappa shape index (κ1) is 11.0. The molecule has 0 bridgehead atoms. The molecule has 3 heterocycles. The molecule has 0 amide bonds. The molecule has 98 valence electrons. The van der Waals surface area contributed by atoms with E-state index in [1.807, 2.05) is 18.2 Å². The first-order valence-corrected chi connectivity index (χ1v) is 6.33. The van der Waals surface area contributed by atoms with Crippen molar-refractivity contribution in [3.63, 3.8) is 0 Å². The van der Waals surface area contributed by atoms with Gasteiger partial charge in [0.15, 0.2) is 16.8 Å². The van der Waals surface area contributed by atoms with Gasteiger partial charge < -0.3 is 0 Å². The van der Waals surface area contributed by atoms with Crippen LogP contribution in [0.25, 0.3) is 16.8 Å². The average Bonchev–Trinajstić information content (AvgIpc) is 3.12. The van der Waals surface area contributed by atoms with Crippen molar-refractivity contribution >= 4 is 16.8 Å². The highest BCUT2D eigenvalue weighted by Crippen LogP contribution is 2.13. The Kier molecular flexibility index (Phi) is 2.41. The number of hydrogen-bond acceptors (Lipinski definition) is 5. The highest BCUT2D eigenvalue weighted by Gasteiger charge is 2.11. The third-order valence-electron chi connectivity index (χ3n) is 3.25. The van der Waals surface area contributed by atoms with E-state index < -0.39 is 0 Å². The Balaban J connectivity index is 1.70. The van der Waals surface area contributed by atoms with E-state index in [9.17, 15) is 0 Å². The molecule has 1 aromatic carbocycles. The third kappa shape index (κ3) is 1.71. The molecule has 0 aliphatic heterocycles. The summed E-state index contributed by atoms with van der Waals surface area (Å²) in [4.78, 5) is 4.37. The van der Waals surface area contributed by atoms with E-state index in [4.69, 9.17) is 0 Å². The number of aromatic nitrogens is 7. The van der Waals surface area contributed by atoms with E-state index in [1.54, 1.807) is 21.7 Å². The van der Waals surface area contributed by atoms with Gasteiger partial charge in [-0.05, 0) is 12.0 Å². The molecule has 0 unspecified atom stereocenters. The molecule has 0 aliphatic carbocycles. The molecule has 0 aliphatic rings. The summed E-state index contributed by atoms with van der Waals surface area (Å²) in [6.07, 6.45) is 4.17. The fourth-order valence-electron chi connectivity index (χ4n) is 2.22. The SMILES string of the molecule is c1ccc(CCn2nnc3c2ncn2cnnc32)cc1. The van der Waals surface area contributed by atoms with Gasteiger partial charge in [-0.3, -0.25) is 4.40 Å². The van der Waals surface area contributed by atoms with Crippen LogP contribution in [0.3, 0.4) is 0 Å². The van der Waals surface area contributed by atoms with Gasteiger partial charge in [-0.2, -0.15) is 0 Å². The van der Waals surface area contributed by atoms with Crippen molar-refractivity contribution in [1.29, 1.82) is 0 Å². The third-order valence-corrected chi connectivity index (χ3v) is 3.25. The minimum Gasteiger partial charge on any atom is -0.270 e. The molecule has 20 heavy (non-hydrogen) atoms. The lowest BCUT2D eigenvalue weighted by molar-refractivity contribution is 0.602. The molecule has 3 aromatic heterocycles. The highest BCUT2D eigenvalue weighted by molar-refractivity contribution is 5.83. The predicted molar refractivity (Wildman–Crippen MR) is 72.0 cm³/mol. The fraction of sp³-hybridized carbons (Fsp3) is 0.154. The Labute approximate surface area is 113 Å². The number of rotatable bonds is 3. The molecule has 0 spiro atoms. The first-order chi connectivity index (χ1) is 9.92. The normalized spacial score (nSPS) is 11.4. The van der Waals surface area contributed by atoms with Crippen LogP contribution in [-0.2, 0) is 13.0 Å². The molecule has 4 rings (SSSR count). The average molecular weight is 265 g/mol. The lowest BCUT2D eigenvalue weighted by atomic mass is 10.1. The Bertz CT molecular complexity index is 862. The van der Waals surface area contributed by atoms with Crippen molar-refractivity contribution in [2.45, 2.75) is 13.0 Å². The molecule has 0 saturated carbocycles. The van der Waals surface area contributed by atoms with Gasteiger partial charge in [-0.1, -0.05) is 35.5 Å². The number of benzene rings is 1. The number of hydrogen-bond donors (Lipinski definition) is 0. The van der Waals surface area contributed by atoms with Crippen molar-refractivity contribution in [2.75, 3.05) is 0 Å². The van der Waals surface area contributed by atoms with E-state index in [0.29, 0.717) is 11.2 Å². The summed E-state index contributed by atoms with van der Waals surface area (Å²) in [5.74, 6) is 0. The smallest absolute Gasteiger partial charge is 0.193 e. The van der Waals surface area contributed by atoms with Crippen molar-refractivity contribution in [2.24, 2.45) is 0 Å². The van der Waals surface area contributed by atoms with Crippen LogP contribution in [0.15, 0.2) is 43.0 Å². The van der Waals surface area contributed by atoms with Gasteiger partial charge in [0.1, 0.15) is 12.7 Å². The Morgan fingerprint density at radius 2 is 1.85 bits per heavy atom. The molecule has 0 saturated heterocycles. The van der Waals surface area contributed by atoms with Crippen molar-refractivity contribution < 1.29 is 0 Å². The summed E-state index contributed by atoms with van der Waals surface area (Å²) in [5.41, 5.74) is 3.36. The maximum atomic E-state index is 4.37. The van der Waals surface area contributed by atoms with Gasteiger partial charge in [-0.25, -0.2) is 9.67 Å². The molecule has 7 heteroatoms. The van der Waals surface area contributed by atoms with Crippen LogP contribution in [-0.4, -0.2) is 34.6 Å². The summed E-state index contributed by atoms with van der Waals surface area (Å²) in [5, 5.41) is 16.2. The van der Waals surface area contributed by atoms with Crippen LogP contribution in [0.5, 0.6) is 0 Å². The van der Waals surface area contributed by atoms with Crippen LogP contribution in [0.4, 0.5) is 0 Å². The molecule has 7 nitrogen and oxygen atoms in total. The standard InChI is InChI=1S/C13H11N7/c1-2-4-10(5-3-1)6-7-20-12-11(16-18-20)13-17-15-9-19(13)8-14-12/h1-5,8-9H,6-7H2. The van der Waals surface area contributed by atoms with Crippen molar-refractivity contribution in [3.05, 3.63) is 48.5 Å². The van der Waals surface area contributed by atoms with E-state index in [0.717, 1.165) is 18.6 Å². The number of aryl methyl sites for hydroxylation is 2. The summed E-state index contributed by atoms with van der Waals surface area (Å²) >= 11 is 0.